The molecule has 2 N–H and O–H groups in total. The fourth-order valence-electron chi connectivity index (χ4n) is 3.13. The lowest BCUT2D eigenvalue weighted by atomic mass is 9.98. The zero-order valence-corrected chi connectivity index (χ0v) is 12.2. The van der Waals surface area contributed by atoms with Crippen molar-refractivity contribution in [1.29, 1.82) is 0 Å². The number of thiophene rings is 1. The van der Waals surface area contributed by atoms with Crippen LogP contribution in [0.4, 0.5) is 0 Å². The number of hydrogen-bond donors (Lipinski definition) is 2. The van der Waals surface area contributed by atoms with Gasteiger partial charge in [0.25, 0.3) is 5.56 Å². The number of rotatable bonds is 6. The van der Waals surface area contributed by atoms with E-state index in [1.165, 1.54) is 37.0 Å². The van der Waals surface area contributed by atoms with Crippen LogP contribution in [0.3, 0.4) is 0 Å². The van der Waals surface area contributed by atoms with E-state index in [1.54, 1.807) is 0 Å². The average molecular weight is 289 g/mol. The van der Waals surface area contributed by atoms with Crippen molar-refractivity contribution < 1.29 is 0 Å². The first-order chi connectivity index (χ1) is 9.81. The molecule has 2 fully saturated rings. The molecular formula is C15H19N3OS. The third-order valence-electron chi connectivity index (χ3n) is 4.49. The molecule has 0 unspecified atom stereocenters. The van der Waals surface area contributed by atoms with Crippen LogP contribution in [-0.2, 0) is 6.54 Å². The molecule has 2 aliphatic rings. The maximum Gasteiger partial charge on any atom is 0.268 e. The van der Waals surface area contributed by atoms with E-state index in [9.17, 15) is 4.79 Å². The van der Waals surface area contributed by atoms with Gasteiger partial charge in [-0.1, -0.05) is 0 Å². The van der Waals surface area contributed by atoms with Gasteiger partial charge in [-0.15, -0.1) is 11.3 Å². The van der Waals surface area contributed by atoms with Crippen molar-refractivity contribution in [2.45, 2.75) is 32.2 Å². The van der Waals surface area contributed by atoms with Gasteiger partial charge in [-0.2, -0.15) is 0 Å². The number of fused-ring (bicyclic) bond motifs is 1. The van der Waals surface area contributed by atoms with Crippen molar-refractivity contribution in [3.8, 4) is 0 Å². The molecule has 0 radical (unpaired) electrons. The normalized spacial score (nSPS) is 19.1. The van der Waals surface area contributed by atoms with E-state index in [0.29, 0.717) is 6.54 Å². The minimum atomic E-state index is -0.0114. The third-order valence-corrected chi connectivity index (χ3v) is 5.39. The van der Waals surface area contributed by atoms with Gasteiger partial charge < -0.3 is 10.3 Å². The van der Waals surface area contributed by atoms with E-state index in [-0.39, 0.29) is 5.56 Å². The summed E-state index contributed by atoms with van der Waals surface area (Å²) in [6, 6.07) is 1.91. The molecule has 2 saturated carbocycles. The number of nitrogens with zero attached hydrogens (tertiary/aromatic N) is 1. The molecular weight excluding hydrogens is 270 g/mol. The summed E-state index contributed by atoms with van der Waals surface area (Å²) in [4.78, 5) is 19.3. The molecule has 2 heterocycles. The zero-order chi connectivity index (χ0) is 13.5. The molecule has 0 amide bonds. The lowest BCUT2D eigenvalue weighted by Gasteiger charge is -2.15. The fraction of sp³-hybridized carbons (Fsp3) is 0.600. The minimum absolute atomic E-state index is 0.0114. The summed E-state index contributed by atoms with van der Waals surface area (Å²) in [6.45, 7) is 1.73. The van der Waals surface area contributed by atoms with Crippen molar-refractivity contribution in [2.24, 2.45) is 17.8 Å². The van der Waals surface area contributed by atoms with Gasteiger partial charge in [0.1, 0.15) is 10.5 Å². The van der Waals surface area contributed by atoms with E-state index >= 15 is 0 Å². The second-order valence-electron chi connectivity index (χ2n) is 6.12. The Balaban J connectivity index is 1.41. The molecule has 0 aromatic carbocycles. The SMILES string of the molecule is O=c1[nH]c(CNCC(C2CC2)C2CC2)nc2ccsc12. The van der Waals surface area contributed by atoms with E-state index in [1.807, 2.05) is 11.4 Å². The number of H-pyrrole nitrogens is 1. The van der Waals surface area contributed by atoms with Crippen LogP contribution in [-0.4, -0.2) is 16.5 Å². The van der Waals surface area contributed by atoms with Crippen LogP contribution in [0.1, 0.15) is 31.5 Å². The largest absolute Gasteiger partial charge is 0.310 e. The van der Waals surface area contributed by atoms with E-state index in [0.717, 1.165) is 40.3 Å². The van der Waals surface area contributed by atoms with E-state index in [2.05, 4.69) is 15.3 Å². The molecule has 20 heavy (non-hydrogen) atoms. The summed E-state index contributed by atoms with van der Waals surface area (Å²) in [5.74, 6) is 3.53. The van der Waals surface area contributed by atoms with Crippen LogP contribution in [0.5, 0.6) is 0 Å². The lowest BCUT2D eigenvalue weighted by molar-refractivity contribution is 0.376. The van der Waals surface area contributed by atoms with Crippen molar-refractivity contribution in [2.75, 3.05) is 6.54 Å². The highest BCUT2D eigenvalue weighted by Crippen LogP contribution is 2.48. The standard InChI is InChI=1S/C15H19N3OS/c19-15-14-12(5-6-20-14)17-13(18-15)8-16-7-11(9-1-2-9)10-3-4-10/h5-6,9-11,16H,1-4,7-8H2,(H,17,18,19). The Hall–Kier alpha value is -1.20. The number of aromatic amines is 1. The molecule has 0 saturated heterocycles. The first kappa shape index (κ1) is 12.5. The van der Waals surface area contributed by atoms with E-state index < -0.39 is 0 Å². The molecule has 5 heteroatoms. The van der Waals surface area contributed by atoms with Gasteiger partial charge in [-0.3, -0.25) is 4.79 Å². The van der Waals surface area contributed by atoms with Crippen LogP contribution in [0, 0.1) is 17.8 Å². The summed E-state index contributed by atoms with van der Waals surface area (Å²) in [5, 5.41) is 5.42. The maximum atomic E-state index is 11.9. The molecule has 2 aliphatic carbocycles. The van der Waals surface area contributed by atoms with Crippen LogP contribution in [0.15, 0.2) is 16.2 Å². The quantitative estimate of drug-likeness (QED) is 0.859. The van der Waals surface area contributed by atoms with Crippen LogP contribution in [0.25, 0.3) is 10.2 Å². The molecule has 106 valence electrons. The van der Waals surface area contributed by atoms with Gasteiger partial charge in [0.2, 0.25) is 0 Å². The monoisotopic (exact) mass is 289 g/mol. The van der Waals surface area contributed by atoms with Crippen molar-refractivity contribution >= 4 is 21.6 Å². The molecule has 0 aliphatic heterocycles. The second-order valence-corrected chi connectivity index (χ2v) is 7.03. The Kier molecular flexibility index (Phi) is 3.11. The van der Waals surface area contributed by atoms with Gasteiger partial charge >= 0.3 is 0 Å². The first-order valence-corrected chi connectivity index (χ1v) is 8.36. The molecule has 0 spiro atoms. The fourth-order valence-corrected chi connectivity index (χ4v) is 3.86. The van der Waals surface area contributed by atoms with Crippen LogP contribution < -0.4 is 10.9 Å². The Labute approximate surface area is 121 Å². The van der Waals surface area contributed by atoms with Gasteiger partial charge in [0.05, 0.1) is 12.1 Å². The number of hydrogen-bond acceptors (Lipinski definition) is 4. The summed E-state index contributed by atoms with van der Waals surface area (Å²) >= 11 is 1.45. The molecule has 2 aromatic rings. The second kappa shape index (κ2) is 4.97. The van der Waals surface area contributed by atoms with Crippen LogP contribution >= 0.6 is 11.3 Å². The topological polar surface area (TPSA) is 57.8 Å². The van der Waals surface area contributed by atoms with Gasteiger partial charge in [-0.05, 0) is 61.4 Å². The summed E-state index contributed by atoms with van der Waals surface area (Å²) < 4.78 is 0.725. The van der Waals surface area contributed by atoms with Gasteiger partial charge in [0, 0.05) is 0 Å². The lowest BCUT2D eigenvalue weighted by Crippen LogP contribution is -2.27. The number of aromatic nitrogens is 2. The van der Waals surface area contributed by atoms with Crippen molar-refractivity contribution in [3.63, 3.8) is 0 Å². The predicted molar refractivity (Wildman–Crippen MR) is 80.9 cm³/mol. The highest BCUT2D eigenvalue weighted by atomic mass is 32.1. The molecule has 4 nitrogen and oxygen atoms in total. The molecule has 4 rings (SSSR count). The zero-order valence-electron chi connectivity index (χ0n) is 11.4. The number of nitrogens with one attached hydrogen (secondary N) is 2. The highest BCUT2D eigenvalue weighted by molar-refractivity contribution is 7.17. The highest BCUT2D eigenvalue weighted by Gasteiger charge is 2.40. The first-order valence-electron chi connectivity index (χ1n) is 7.48. The Morgan fingerprint density at radius 2 is 2.10 bits per heavy atom. The van der Waals surface area contributed by atoms with Gasteiger partial charge in [-0.25, -0.2) is 4.98 Å². The summed E-state index contributed by atoms with van der Waals surface area (Å²) in [7, 11) is 0. The third kappa shape index (κ3) is 2.52. The van der Waals surface area contributed by atoms with Crippen molar-refractivity contribution in [1.82, 2.24) is 15.3 Å². The molecule has 0 bridgehead atoms. The molecule has 2 aromatic heterocycles. The Morgan fingerprint density at radius 1 is 1.35 bits per heavy atom. The smallest absolute Gasteiger partial charge is 0.268 e. The van der Waals surface area contributed by atoms with E-state index in [4.69, 9.17) is 0 Å². The van der Waals surface area contributed by atoms with Crippen LogP contribution in [0.2, 0.25) is 0 Å². The predicted octanol–water partition coefficient (Wildman–Crippen LogP) is 2.51. The maximum absolute atomic E-state index is 11.9. The van der Waals surface area contributed by atoms with Gasteiger partial charge in [0.15, 0.2) is 0 Å². The Morgan fingerprint density at radius 3 is 2.80 bits per heavy atom. The summed E-state index contributed by atoms with van der Waals surface area (Å²) in [5.41, 5.74) is 0.805. The van der Waals surface area contributed by atoms with Crippen molar-refractivity contribution in [3.05, 3.63) is 27.6 Å². The minimum Gasteiger partial charge on any atom is -0.310 e. The Bertz CT molecular complexity index is 657. The summed E-state index contributed by atoms with van der Waals surface area (Å²) in [6.07, 6.45) is 5.66. The average Bonchev–Trinajstić information content (AvgIpc) is 3.34. The molecule has 0 atom stereocenters.